The van der Waals surface area contributed by atoms with Gasteiger partial charge >= 0.3 is 0 Å². The van der Waals surface area contributed by atoms with Gasteiger partial charge in [0.2, 0.25) is 0 Å². The highest BCUT2D eigenvalue weighted by Crippen LogP contribution is 2.64. The molecule has 3 aromatic rings. The number of nitrogens with one attached hydrogen (secondary N) is 1. The molecule has 6 rings (SSSR count). The summed E-state index contributed by atoms with van der Waals surface area (Å²) in [5.74, 6) is 0.822. The number of aromatic nitrogens is 3. The Labute approximate surface area is 172 Å². The van der Waals surface area contributed by atoms with E-state index >= 15 is 0 Å². The molecule has 2 bridgehead atoms. The number of pyridine rings is 2. The zero-order valence-corrected chi connectivity index (χ0v) is 16.7. The maximum absolute atomic E-state index is 13.0. The van der Waals surface area contributed by atoms with Gasteiger partial charge in [-0.2, -0.15) is 0 Å². The summed E-state index contributed by atoms with van der Waals surface area (Å²) in [5, 5.41) is 2.60. The van der Waals surface area contributed by atoms with Crippen molar-refractivity contribution < 1.29 is 18.3 Å². The minimum Gasteiger partial charge on any atom is -0.490 e. The van der Waals surface area contributed by atoms with E-state index in [0.717, 1.165) is 17.3 Å². The van der Waals surface area contributed by atoms with E-state index in [9.17, 15) is 13.6 Å². The van der Waals surface area contributed by atoms with E-state index in [0.29, 0.717) is 11.3 Å². The van der Waals surface area contributed by atoms with Crippen LogP contribution in [0.1, 0.15) is 61.3 Å². The van der Waals surface area contributed by atoms with E-state index in [1.807, 2.05) is 24.4 Å². The van der Waals surface area contributed by atoms with E-state index in [4.69, 9.17) is 9.72 Å². The number of nitrogens with zero attached hydrogens (tertiary/aromatic N) is 3. The molecule has 30 heavy (non-hydrogen) atoms. The number of hydrogen-bond donors (Lipinski definition) is 1. The zero-order chi connectivity index (χ0) is 21.0. The van der Waals surface area contributed by atoms with Crippen LogP contribution in [0.15, 0.2) is 36.7 Å². The third-order valence-corrected chi connectivity index (χ3v) is 5.98. The molecular formula is C22H22F2N4O2. The molecule has 3 saturated carbocycles. The lowest BCUT2D eigenvalue weighted by atomic mass is 9.43. The van der Waals surface area contributed by atoms with Crippen molar-refractivity contribution in [3.05, 3.63) is 53.6 Å². The lowest BCUT2D eigenvalue weighted by Crippen LogP contribution is -2.55. The normalized spacial score (nSPS) is 22.1. The van der Waals surface area contributed by atoms with E-state index in [1.54, 1.807) is 12.3 Å². The number of alkyl halides is 2. The predicted molar refractivity (Wildman–Crippen MR) is 107 cm³/mol. The fraction of sp³-hybridized carbons (Fsp3) is 0.409. The lowest BCUT2D eigenvalue weighted by Gasteiger charge is -2.61. The first-order valence-electron chi connectivity index (χ1n) is 10.1. The molecule has 0 aliphatic heterocycles. The Morgan fingerprint density at radius 2 is 2.00 bits per heavy atom. The fourth-order valence-corrected chi connectivity index (χ4v) is 4.41. The van der Waals surface area contributed by atoms with Crippen molar-refractivity contribution in [3.63, 3.8) is 0 Å². The molecule has 3 fully saturated rings. The van der Waals surface area contributed by atoms with Gasteiger partial charge in [-0.15, -0.1) is 0 Å². The van der Waals surface area contributed by atoms with E-state index in [-0.39, 0.29) is 23.0 Å². The van der Waals surface area contributed by atoms with Crippen molar-refractivity contribution >= 4 is 17.4 Å². The van der Waals surface area contributed by atoms with Gasteiger partial charge in [0.05, 0.1) is 17.4 Å². The number of anilines is 1. The Balaban J connectivity index is 1.49. The van der Waals surface area contributed by atoms with Gasteiger partial charge in [-0.1, -0.05) is 6.07 Å². The quantitative estimate of drug-likeness (QED) is 0.634. The molecule has 0 unspecified atom stereocenters. The molecule has 3 heterocycles. The Hall–Kier alpha value is -3.03. The second-order valence-electron chi connectivity index (χ2n) is 8.57. The molecule has 0 aromatic carbocycles. The van der Waals surface area contributed by atoms with Crippen LogP contribution in [0.2, 0.25) is 0 Å². The van der Waals surface area contributed by atoms with Gasteiger partial charge in [-0.05, 0) is 51.2 Å². The minimum atomic E-state index is -2.71. The van der Waals surface area contributed by atoms with Gasteiger partial charge in [0.15, 0.2) is 0 Å². The monoisotopic (exact) mass is 412 g/mol. The van der Waals surface area contributed by atoms with Crippen LogP contribution in [-0.4, -0.2) is 26.4 Å². The van der Waals surface area contributed by atoms with Crippen LogP contribution in [0.25, 0.3) is 5.65 Å². The van der Waals surface area contributed by atoms with Crippen molar-refractivity contribution in [2.75, 3.05) is 5.32 Å². The van der Waals surface area contributed by atoms with Crippen LogP contribution in [0.5, 0.6) is 5.75 Å². The number of carbonyl (C=O) groups excluding carboxylic acids is 1. The molecule has 0 saturated heterocycles. The average molecular weight is 412 g/mol. The number of halogens is 2. The first kappa shape index (κ1) is 19.0. The first-order valence-corrected chi connectivity index (χ1v) is 10.1. The summed E-state index contributed by atoms with van der Waals surface area (Å²) in [6, 6.07) is 5.89. The molecule has 3 aliphatic rings. The zero-order valence-electron chi connectivity index (χ0n) is 16.7. The minimum absolute atomic E-state index is 0.0635. The van der Waals surface area contributed by atoms with Crippen LogP contribution in [-0.2, 0) is 5.41 Å². The Morgan fingerprint density at radius 1 is 1.23 bits per heavy atom. The molecule has 6 nitrogen and oxygen atoms in total. The summed E-state index contributed by atoms with van der Waals surface area (Å²) in [4.78, 5) is 21.6. The molecule has 1 N–H and O–H groups in total. The number of imidazole rings is 1. The van der Waals surface area contributed by atoms with Gasteiger partial charge in [0, 0.05) is 23.9 Å². The SMILES string of the molecule is CC(C)Oc1cc2nc(C34CC(C3)C4)cn2cc1C(=O)Nc1cccc(C(F)F)n1. The summed E-state index contributed by atoms with van der Waals surface area (Å²) in [7, 11) is 0. The van der Waals surface area contributed by atoms with E-state index in [2.05, 4.69) is 10.3 Å². The maximum atomic E-state index is 13.0. The van der Waals surface area contributed by atoms with Gasteiger partial charge < -0.3 is 14.5 Å². The van der Waals surface area contributed by atoms with Gasteiger partial charge in [-0.25, -0.2) is 18.7 Å². The van der Waals surface area contributed by atoms with Crippen LogP contribution in [0.3, 0.4) is 0 Å². The predicted octanol–water partition coefficient (Wildman–Crippen LogP) is 4.76. The Bertz CT molecular complexity index is 1120. The number of fused-ring (bicyclic) bond motifs is 1. The molecular weight excluding hydrogens is 390 g/mol. The van der Waals surface area contributed by atoms with Crippen LogP contribution >= 0.6 is 0 Å². The van der Waals surface area contributed by atoms with Crippen molar-refractivity contribution in [2.24, 2.45) is 5.92 Å². The summed E-state index contributed by atoms with van der Waals surface area (Å²) >= 11 is 0. The van der Waals surface area contributed by atoms with Crippen molar-refractivity contribution in [1.29, 1.82) is 0 Å². The molecule has 8 heteroatoms. The van der Waals surface area contributed by atoms with Gasteiger partial charge in [-0.3, -0.25) is 4.79 Å². The van der Waals surface area contributed by atoms with Gasteiger partial charge in [0.1, 0.15) is 22.9 Å². The van der Waals surface area contributed by atoms with E-state index < -0.39 is 12.3 Å². The topological polar surface area (TPSA) is 68.5 Å². The summed E-state index contributed by atoms with van der Waals surface area (Å²) < 4.78 is 33.5. The highest BCUT2D eigenvalue weighted by Gasteiger charge is 2.58. The average Bonchev–Trinajstić information content (AvgIpc) is 3.00. The lowest BCUT2D eigenvalue weighted by molar-refractivity contribution is -0.0304. The highest BCUT2D eigenvalue weighted by atomic mass is 19.3. The number of rotatable bonds is 6. The molecule has 3 aliphatic carbocycles. The Morgan fingerprint density at radius 3 is 2.63 bits per heavy atom. The number of ether oxygens (including phenoxy) is 1. The summed E-state index contributed by atoms with van der Waals surface area (Å²) in [6.07, 6.45) is 4.37. The number of hydrogen-bond acceptors (Lipinski definition) is 4. The van der Waals surface area contributed by atoms with Gasteiger partial charge in [0.25, 0.3) is 12.3 Å². The third kappa shape index (κ3) is 3.11. The maximum Gasteiger partial charge on any atom is 0.280 e. The van der Waals surface area contributed by atoms with Crippen molar-refractivity contribution in [2.45, 2.75) is 51.1 Å². The molecule has 0 radical (unpaired) electrons. The Kier molecular flexibility index (Phi) is 4.27. The number of amides is 1. The fourth-order valence-electron chi connectivity index (χ4n) is 4.41. The van der Waals surface area contributed by atoms with Crippen LogP contribution < -0.4 is 10.1 Å². The second-order valence-corrected chi connectivity index (χ2v) is 8.57. The molecule has 1 amide bonds. The molecule has 3 aromatic heterocycles. The van der Waals surface area contributed by atoms with Crippen LogP contribution in [0.4, 0.5) is 14.6 Å². The van der Waals surface area contributed by atoms with Crippen LogP contribution in [0, 0.1) is 5.92 Å². The second kappa shape index (κ2) is 6.75. The molecule has 156 valence electrons. The van der Waals surface area contributed by atoms with Crippen molar-refractivity contribution in [3.8, 4) is 5.75 Å². The standard InChI is InChI=1S/C22H22F2N4O2/c1-12(2)30-16-6-19-26-17(22-7-13(8-22)9-22)11-28(19)10-14(16)21(29)27-18-5-3-4-15(25-18)20(23)24/h3-6,10-13,20H,7-9H2,1-2H3,(H,25,27,29). The summed E-state index contributed by atoms with van der Waals surface area (Å²) in [5.41, 5.74) is 1.89. The first-order chi connectivity index (χ1) is 14.3. The largest absolute Gasteiger partial charge is 0.490 e. The van der Waals surface area contributed by atoms with E-state index in [1.165, 1.54) is 37.5 Å². The highest BCUT2D eigenvalue weighted by molar-refractivity contribution is 6.05. The number of carbonyl (C=O) groups is 1. The third-order valence-electron chi connectivity index (χ3n) is 5.98. The molecule has 0 spiro atoms. The summed E-state index contributed by atoms with van der Waals surface area (Å²) in [6.45, 7) is 3.75. The van der Waals surface area contributed by atoms with Crippen molar-refractivity contribution in [1.82, 2.24) is 14.4 Å². The smallest absolute Gasteiger partial charge is 0.280 e. The molecule has 0 atom stereocenters.